The first-order valence-corrected chi connectivity index (χ1v) is 7.28. The number of benzene rings is 1. The molecule has 4 atom stereocenters. The zero-order chi connectivity index (χ0) is 14.3. The fraction of sp³-hybridized carbons (Fsp3) is 0.562. The van der Waals surface area contributed by atoms with Crippen molar-refractivity contribution in [1.82, 2.24) is 4.90 Å². The van der Waals surface area contributed by atoms with Crippen molar-refractivity contribution in [1.29, 1.82) is 0 Å². The lowest BCUT2D eigenvalue weighted by Gasteiger charge is -2.17. The summed E-state index contributed by atoms with van der Waals surface area (Å²) in [5, 5.41) is 9.59. The Labute approximate surface area is 118 Å². The molecule has 3 rings (SSSR count). The Balaban J connectivity index is 1.61. The normalized spacial score (nSPS) is 30.4. The first kappa shape index (κ1) is 13.6. The summed E-state index contributed by atoms with van der Waals surface area (Å²) in [6, 6.07) is 6.55. The number of amides is 1. The van der Waals surface area contributed by atoms with Crippen LogP contribution in [0.1, 0.15) is 31.2 Å². The van der Waals surface area contributed by atoms with Crippen molar-refractivity contribution < 1.29 is 14.3 Å². The molecule has 4 unspecified atom stereocenters. The molecule has 0 bridgehead atoms. The lowest BCUT2D eigenvalue weighted by molar-refractivity contribution is -0.131. The molecule has 0 aromatic heterocycles. The molecule has 1 aliphatic heterocycles. The van der Waals surface area contributed by atoms with Gasteiger partial charge >= 0.3 is 0 Å². The standard InChI is InChI=1S/C16H20FNO2/c1-10(19)12-5-6-18(9-12)16(20)15-8-14(15)11-3-2-4-13(17)7-11/h2-4,7,10,12,14-15,19H,5-6,8-9H2,1H3. The highest BCUT2D eigenvalue weighted by molar-refractivity contribution is 5.83. The van der Waals surface area contributed by atoms with Crippen molar-refractivity contribution >= 4 is 5.91 Å². The monoisotopic (exact) mass is 277 g/mol. The van der Waals surface area contributed by atoms with E-state index in [1.165, 1.54) is 12.1 Å². The zero-order valence-electron chi connectivity index (χ0n) is 11.6. The first-order chi connectivity index (χ1) is 9.56. The van der Waals surface area contributed by atoms with Gasteiger partial charge in [0.05, 0.1) is 6.10 Å². The molecule has 1 saturated carbocycles. The topological polar surface area (TPSA) is 40.5 Å². The molecule has 20 heavy (non-hydrogen) atoms. The molecular formula is C16H20FNO2. The minimum absolute atomic E-state index is 0.00421. The van der Waals surface area contributed by atoms with Crippen molar-refractivity contribution in [2.75, 3.05) is 13.1 Å². The quantitative estimate of drug-likeness (QED) is 0.919. The average Bonchev–Trinajstić information content (AvgIpc) is 3.06. The first-order valence-electron chi connectivity index (χ1n) is 7.28. The molecule has 1 aromatic rings. The minimum atomic E-state index is -0.356. The number of carbonyl (C=O) groups is 1. The average molecular weight is 277 g/mol. The molecule has 108 valence electrons. The molecule has 1 N–H and O–H groups in total. The van der Waals surface area contributed by atoms with Crippen molar-refractivity contribution in [3.05, 3.63) is 35.6 Å². The maximum atomic E-state index is 13.2. The van der Waals surface area contributed by atoms with Gasteiger partial charge in [0.25, 0.3) is 0 Å². The van der Waals surface area contributed by atoms with Gasteiger partial charge in [-0.3, -0.25) is 4.79 Å². The molecule has 3 nitrogen and oxygen atoms in total. The van der Waals surface area contributed by atoms with Crippen LogP contribution >= 0.6 is 0 Å². The maximum Gasteiger partial charge on any atom is 0.226 e. The second kappa shape index (κ2) is 5.17. The number of aliphatic hydroxyl groups is 1. The van der Waals surface area contributed by atoms with E-state index in [0.29, 0.717) is 6.54 Å². The third-order valence-corrected chi connectivity index (χ3v) is 4.60. The number of halogens is 1. The van der Waals surface area contributed by atoms with E-state index in [4.69, 9.17) is 0 Å². The lowest BCUT2D eigenvalue weighted by Crippen LogP contribution is -2.31. The fourth-order valence-corrected chi connectivity index (χ4v) is 3.19. The number of carbonyl (C=O) groups excluding carboxylic acids is 1. The van der Waals surface area contributed by atoms with Crippen molar-refractivity contribution in [3.8, 4) is 0 Å². The molecule has 0 spiro atoms. The van der Waals surface area contributed by atoms with Gasteiger partial charge in [0.15, 0.2) is 0 Å². The predicted octanol–water partition coefficient (Wildman–Crippen LogP) is 2.16. The summed E-state index contributed by atoms with van der Waals surface area (Å²) in [7, 11) is 0. The van der Waals surface area contributed by atoms with Crippen LogP contribution in [0.2, 0.25) is 0 Å². The van der Waals surface area contributed by atoms with E-state index in [1.54, 1.807) is 13.0 Å². The number of hydrogen-bond donors (Lipinski definition) is 1. The summed E-state index contributed by atoms with van der Waals surface area (Å²) < 4.78 is 13.2. The summed E-state index contributed by atoms with van der Waals surface area (Å²) in [6.45, 7) is 3.18. The highest BCUT2D eigenvalue weighted by Gasteiger charge is 2.47. The number of nitrogens with zero attached hydrogens (tertiary/aromatic N) is 1. The third-order valence-electron chi connectivity index (χ3n) is 4.60. The van der Waals surface area contributed by atoms with E-state index in [0.717, 1.165) is 24.9 Å². The molecule has 1 aromatic carbocycles. The molecule has 4 heteroatoms. The zero-order valence-corrected chi connectivity index (χ0v) is 11.6. The Hall–Kier alpha value is -1.42. The van der Waals surface area contributed by atoms with Crippen LogP contribution in [-0.2, 0) is 4.79 Å². The number of likely N-dealkylation sites (tertiary alicyclic amines) is 1. The number of aliphatic hydroxyl groups excluding tert-OH is 1. The van der Waals surface area contributed by atoms with Crippen molar-refractivity contribution in [2.24, 2.45) is 11.8 Å². The second-order valence-electron chi connectivity index (χ2n) is 6.08. The largest absolute Gasteiger partial charge is 0.393 e. The Morgan fingerprint density at radius 2 is 2.30 bits per heavy atom. The predicted molar refractivity (Wildman–Crippen MR) is 73.6 cm³/mol. The van der Waals surface area contributed by atoms with Gasteiger partial charge in [-0.05, 0) is 43.4 Å². The molecule has 1 aliphatic carbocycles. The van der Waals surface area contributed by atoms with Crippen LogP contribution in [0.3, 0.4) is 0 Å². The summed E-state index contributed by atoms with van der Waals surface area (Å²) in [5.41, 5.74) is 0.926. The molecular weight excluding hydrogens is 257 g/mol. The molecule has 2 aliphatic rings. The highest BCUT2D eigenvalue weighted by atomic mass is 19.1. The van der Waals surface area contributed by atoms with Crippen molar-refractivity contribution in [3.63, 3.8) is 0 Å². The summed E-state index contributed by atoms with van der Waals surface area (Å²) in [4.78, 5) is 14.3. The van der Waals surface area contributed by atoms with E-state index in [2.05, 4.69) is 0 Å². The van der Waals surface area contributed by atoms with E-state index in [-0.39, 0.29) is 35.6 Å². The van der Waals surface area contributed by atoms with Gasteiger partial charge in [0.2, 0.25) is 5.91 Å². The van der Waals surface area contributed by atoms with E-state index in [9.17, 15) is 14.3 Å². The Kier molecular flexibility index (Phi) is 3.50. The lowest BCUT2D eigenvalue weighted by atomic mass is 10.0. The van der Waals surface area contributed by atoms with Gasteiger partial charge in [-0.2, -0.15) is 0 Å². The molecule has 1 saturated heterocycles. The van der Waals surface area contributed by atoms with E-state index >= 15 is 0 Å². The summed E-state index contributed by atoms with van der Waals surface area (Å²) in [5.74, 6) is 0.303. The van der Waals surface area contributed by atoms with Crippen LogP contribution in [0.4, 0.5) is 4.39 Å². The maximum absolute atomic E-state index is 13.2. The van der Waals surface area contributed by atoms with Crippen LogP contribution < -0.4 is 0 Å². The van der Waals surface area contributed by atoms with Crippen molar-refractivity contribution in [2.45, 2.75) is 31.8 Å². The van der Waals surface area contributed by atoms with Crippen LogP contribution in [0.5, 0.6) is 0 Å². The third kappa shape index (κ3) is 2.57. The van der Waals surface area contributed by atoms with Gasteiger partial charge in [-0.1, -0.05) is 12.1 Å². The van der Waals surface area contributed by atoms with Gasteiger partial charge < -0.3 is 10.0 Å². The fourth-order valence-electron chi connectivity index (χ4n) is 3.19. The Bertz CT molecular complexity index is 517. The van der Waals surface area contributed by atoms with Gasteiger partial charge in [0.1, 0.15) is 5.82 Å². The van der Waals surface area contributed by atoms with Gasteiger partial charge in [0, 0.05) is 24.9 Å². The molecule has 1 amide bonds. The molecule has 1 heterocycles. The SMILES string of the molecule is CC(O)C1CCN(C(=O)C2CC2c2cccc(F)c2)C1. The van der Waals surface area contributed by atoms with Crippen LogP contribution in [0.15, 0.2) is 24.3 Å². The molecule has 2 fully saturated rings. The van der Waals surface area contributed by atoms with Crippen LogP contribution in [0.25, 0.3) is 0 Å². The second-order valence-corrected chi connectivity index (χ2v) is 6.08. The minimum Gasteiger partial charge on any atom is -0.393 e. The Morgan fingerprint density at radius 3 is 2.95 bits per heavy atom. The smallest absolute Gasteiger partial charge is 0.226 e. The number of hydrogen-bond acceptors (Lipinski definition) is 2. The van der Waals surface area contributed by atoms with Crippen LogP contribution in [0, 0.1) is 17.7 Å². The molecule has 0 radical (unpaired) electrons. The van der Waals surface area contributed by atoms with E-state index < -0.39 is 0 Å². The van der Waals surface area contributed by atoms with E-state index in [1.807, 2.05) is 11.0 Å². The van der Waals surface area contributed by atoms with Crippen LogP contribution in [-0.4, -0.2) is 35.1 Å². The summed E-state index contributed by atoms with van der Waals surface area (Å²) >= 11 is 0. The number of rotatable bonds is 3. The van der Waals surface area contributed by atoms with Gasteiger partial charge in [-0.15, -0.1) is 0 Å². The Morgan fingerprint density at radius 1 is 1.50 bits per heavy atom. The summed E-state index contributed by atoms with van der Waals surface area (Å²) in [6.07, 6.45) is 1.34. The van der Waals surface area contributed by atoms with Gasteiger partial charge in [-0.25, -0.2) is 4.39 Å². The highest BCUT2D eigenvalue weighted by Crippen LogP contribution is 2.49.